The van der Waals surface area contributed by atoms with Gasteiger partial charge in [0, 0.05) is 22.0 Å². The Bertz CT molecular complexity index is 1320. The Balaban J connectivity index is 1.76. The summed E-state index contributed by atoms with van der Waals surface area (Å²) in [5, 5.41) is 18.2. The first-order chi connectivity index (χ1) is 15.5. The number of carbonyl (C=O) groups excluding carboxylic acids is 2. The number of aromatic nitrogens is 1. The van der Waals surface area contributed by atoms with Crippen LogP contribution in [0.25, 0.3) is 21.8 Å². The number of nitrogens with two attached hydrogens (primary N) is 1. The van der Waals surface area contributed by atoms with Gasteiger partial charge in [0.25, 0.3) is 5.91 Å². The van der Waals surface area contributed by atoms with Gasteiger partial charge in [0.2, 0.25) is 0 Å². The van der Waals surface area contributed by atoms with Crippen molar-refractivity contribution < 1.29 is 19.4 Å². The van der Waals surface area contributed by atoms with Crippen LogP contribution in [0.2, 0.25) is 0 Å². The second kappa shape index (κ2) is 8.91. The van der Waals surface area contributed by atoms with Crippen LogP contribution in [0.4, 0.5) is 16.2 Å². The van der Waals surface area contributed by atoms with Gasteiger partial charge in [-0.2, -0.15) is 0 Å². The van der Waals surface area contributed by atoms with Crippen LogP contribution in [0.3, 0.4) is 0 Å². The number of nitrogens with one attached hydrogen (secondary N) is 2. The molecule has 1 heterocycles. The molecule has 162 valence electrons. The fourth-order valence-corrected chi connectivity index (χ4v) is 3.56. The van der Waals surface area contributed by atoms with E-state index in [2.05, 4.69) is 15.6 Å². The van der Waals surface area contributed by atoms with Crippen molar-refractivity contribution in [1.82, 2.24) is 4.98 Å². The van der Waals surface area contributed by atoms with Crippen LogP contribution in [0.15, 0.2) is 66.7 Å². The largest absolute Gasteiger partial charge is 0.450 e. The number of primary amides is 1. The second-order valence-electron chi connectivity index (χ2n) is 7.09. The molecule has 1 atom stereocenters. The summed E-state index contributed by atoms with van der Waals surface area (Å²) >= 11 is 0. The zero-order chi connectivity index (χ0) is 22.7. The number of ether oxygens (including phenoxy) is 1. The van der Waals surface area contributed by atoms with Gasteiger partial charge in [-0.05, 0) is 31.2 Å². The molecule has 0 aliphatic heterocycles. The van der Waals surface area contributed by atoms with E-state index in [1.807, 2.05) is 30.3 Å². The molecule has 4 rings (SSSR count). The highest BCUT2D eigenvalue weighted by Crippen LogP contribution is 2.34. The van der Waals surface area contributed by atoms with Gasteiger partial charge in [-0.1, -0.05) is 42.5 Å². The third-order valence-corrected chi connectivity index (χ3v) is 4.98. The molecule has 32 heavy (non-hydrogen) atoms. The van der Waals surface area contributed by atoms with Gasteiger partial charge in [-0.3, -0.25) is 10.1 Å². The smallest absolute Gasteiger partial charge is 0.411 e. The number of para-hydroxylation sites is 2. The number of fused-ring (bicyclic) bond motifs is 2. The van der Waals surface area contributed by atoms with Crippen LogP contribution in [-0.4, -0.2) is 28.7 Å². The molecular formula is C24H22N4O4. The number of nitrogens with zero attached hydrogens (tertiary/aromatic N) is 1. The molecule has 1 aromatic heterocycles. The Morgan fingerprint density at radius 1 is 1.06 bits per heavy atom. The fraction of sp³-hybridized carbons (Fsp3) is 0.125. The Hall–Kier alpha value is -4.17. The molecule has 8 nitrogen and oxygen atoms in total. The maximum absolute atomic E-state index is 11.9. The number of benzene rings is 3. The first-order valence-electron chi connectivity index (χ1n) is 10.1. The summed E-state index contributed by atoms with van der Waals surface area (Å²) in [6.45, 7) is 1.97. The van der Waals surface area contributed by atoms with Crippen LogP contribution < -0.4 is 16.4 Å². The molecule has 0 saturated carbocycles. The predicted molar refractivity (Wildman–Crippen MR) is 123 cm³/mol. The number of rotatable bonds is 6. The number of anilines is 2. The highest BCUT2D eigenvalue weighted by molar-refractivity contribution is 6.13. The molecule has 2 amide bonds. The Morgan fingerprint density at radius 3 is 2.59 bits per heavy atom. The van der Waals surface area contributed by atoms with E-state index >= 15 is 0 Å². The molecule has 0 spiro atoms. The van der Waals surface area contributed by atoms with E-state index in [0.29, 0.717) is 38.9 Å². The average Bonchev–Trinajstić information content (AvgIpc) is 2.78. The number of aliphatic hydroxyl groups is 1. The molecule has 0 aliphatic rings. The standard InChI is InChI=1S/C24H22N4O4/c1-2-32-24(31)26-15-8-5-7-14(13-15)23(30)28-20-16-9-3-4-12-19(16)27-21-17(20)10-6-11-18(21)22(25)29/h3-13,23,30H,2H2,1H3,(H2,25,29)(H,26,31)(H,27,28). The van der Waals surface area contributed by atoms with E-state index in [1.165, 1.54) is 0 Å². The zero-order valence-corrected chi connectivity index (χ0v) is 17.3. The quantitative estimate of drug-likeness (QED) is 0.269. The van der Waals surface area contributed by atoms with Crippen molar-refractivity contribution in [2.45, 2.75) is 13.2 Å². The minimum atomic E-state index is -1.11. The van der Waals surface area contributed by atoms with E-state index < -0.39 is 18.2 Å². The van der Waals surface area contributed by atoms with Gasteiger partial charge in [-0.15, -0.1) is 0 Å². The molecule has 8 heteroatoms. The molecule has 0 saturated heterocycles. The zero-order valence-electron chi connectivity index (χ0n) is 17.3. The van der Waals surface area contributed by atoms with Crippen molar-refractivity contribution in [3.8, 4) is 0 Å². The van der Waals surface area contributed by atoms with Crippen LogP contribution in [0, 0.1) is 0 Å². The highest BCUT2D eigenvalue weighted by Gasteiger charge is 2.17. The average molecular weight is 430 g/mol. The normalized spacial score (nSPS) is 11.8. The fourth-order valence-electron chi connectivity index (χ4n) is 3.56. The molecule has 1 unspecified atom stereocenters. The summed E-state index contributed by atoms with van der Waals surface area (Å²) in [5.41, 5.74) is 8.58. The van der Waals surface area contributed by atoms with Crippen LogP contribution in [0.5, 0.6) is 0 Å². The molecule has 3 aromatic carbocycles. The minimum absolute atomic E-state index is 0.255. The van der Waals surface area contributed by atoms with Gasteiger partial charge < -0.3 is 20.9 Å². The van der Waals surface area contributed by atoms with Crippen LogP contribution in [0.1, 0.15) is 29.1 Å². The third kappa shape index (κ3) is 4.17. The monoisotopic (exact) mass is 430 g/mol. The second-order valence-corrected chi connectivity index (χ2v) is 7.09. The Kier molecular flexibility index (Phi) is 5.87. The van der Waals surface area contributed by atoms with Crippen molar-refractivity contribution in [3.63, 3.8) is 0 Å². The number of hydrogen-bond acceptors (Lipinski definition) is 6. The minimum Gasteiger partial charge on any atom is -0.450 e. The third-order valence-electron chi connectivity index (χ3n) is 4.98. The molecule has 0 radical (unpaired) electrons. The first-order valence-corrected chi connectivity index (χ1v) is 10.1. The van der Waals surface area contributed by atoms with Crippen molar-refractivity contribution >= 4 is 45.2 Å². The lowest BCUT2D eigenvalue weighted by atomic mass is 10.0. The topological polar surface area (TPSA) is 127 Å². The van der Waals surface area contributed by atoms with E-state index in [9.17, 15) is 14.7 Å². The first kappa shape index (κ1) is 21.1. The van der Waals surface area contributed by atoms with E-state index in [4.69, 9.17) is 10.5 Å². The van der Waals surface area contributed by atoms with Gasteiger partial charge in [0.05, 0.1) is 28.9 Å². The lowest BCUT2D eigenvalue weighted by Crippen LogP contribution is -2.15. The van der Waals surface area contributed by atoms with Gasteiger partial charge in [0.1, 0.15) is 0 Å². The summed E-state index contributed by atoms with van der Waals surface area (Å²) in [6, 6.07) is 19.4. The molecule has 0 aliphatic carbocycles. The summed E-state index contributed by atoms with van der Waals surface area (Å²) in [4.78, 5) is 28.3. The van der Waals surface area contributed by atoms with Crippen LogP contribution >= 0.6 is 0 Å². The summed E-state index contributed by atoms with van der Waals surface area (Å²) in [6.07, 6.45) is -1.68. The number of amides is 2. The summed E-state index contributed by atoms with van der Waals surface area (Å²) < 4.78 is 4.90. The molecule has 0 bridgehead atoms. The SMILES string of the molecule is CCOC(=O)Nc1cccc(C(O)Nc2c3ccccc3nc3c(C(N)=O)cccc23)c1. The van der Waals surface area contributed by atoms with Crippen molar-refractivity contribution in [2.24, 2.45) is 5.73 Å². The number of carbonyl (C=O) groups is 2. The summed E-state index contributed by atoms with van der Waals surface area (Å²) in [5.74, 6) is -0.581. The number of pyridine rings is 1. The Morgan fingerprint density at radius 2 is 1.81 bits per heavy atom. The molecule has 5 N–H and O–H groups in total. The molecular weight excluding hydrogens is 408 g/mol. The van der Waals surface area contributed by atoms with E-state index in [-0.39, 0.29) is 6.61 Å². The number of aliphatic hydroxyl groups excluding tert-OH is 1. The number of hydrogen-bond donors (Lipinski definition) is 4. The van der Waals surface area contributed by atoms with Crippen LogP contribution in [-0.2, 0) is 4.74 Å². The highest BCUT2D eigenvalue weighted by atomic mass is 16.5. The molecule has 4 aromatic rings. The van der Waals surface area contributed by atoms with Gasteiger partial charge >= 0.3 is 6.09 Å². The van der Waals surface area contributed by atoms with Crippen molar-refractivity contribution in [1.29, 1.82) is 0 Å². The lowest BCUT2D eigenvalue weighted by molar-refractivity contribution is 0.100. The van der Waals surface area contributed by atoms with Crippen molar-refractivity contribution in [3.05, 3.63) is 77.9 Å². The van der Waals surface area contributed by atoms with Gasteiger partial charge in [-0.25, -0.2) is 9.78 Å². The predicted octanol–water partition coefficient (Wildman–Crippen LogP) is 4.16. The van der Waals surface area contributed by atoms with Crippen molar-refractivity contribution in [2.75, 3.05) is 17.2 Å². The Labute approximate surface area is 184 Å². The lowest BCUT2D eigenvalue weighted by Gasteiger charge is -2.19. The summed E-state index contributed by atoms with van der Waals surface area (Å²) in [7, 11) is 0. The maximum atomic E-state index is 11.9. The van der Waals surface area contributed by atoms with Gasteiger partial charge in [0.15, 0.2) is 6.23 Å². The maximum Gasteiger partial charge on any atom is 0.411 e. The molecule has 0 fully saturated rings. The van der Waals surface area contributed by atoms with E-state index in [1.54, 1.807) is 43.3 Å². The van der Waals surface area contributed by atoms with E-state index in [0.717, 1.165) is 5.39 Å².